The molecule has 2 saturated heterocycles. The number of nitrogens with one attached hydrogen (secondary N) is 3. The summed E-state index contributed by atoms with van der Waals surface area (Å²) in [5.74, 6) is 1.11. The molecule has 2 aliphatic heterocycles. The normalized spacial score (nSPS) is 12.8. The van der Waals surface area contributed by atoms with Gasteiger partial charge in [-0.05, 0) is 24.3 Å². The lowest BCUT2D eigenvalue weighted by Crippen LogP contribution is -2.27. The van der Waals surface area contributed by atoms with Crippen molar-refractivity contribution in [1.29, 1.82) is 0 Å². The minimum atomic E-state index is -0.450. The molecule has 0 atom stereocenters. The van der Waals surface area contributed by atoms with E-state index in [1.165, 1.54) is 31.4 Å². The molecule has 2 fully saturated rings. The quantitative estimate of drug-likeness (QED) is 0.108. The standard InChI is InChI=1S/C16H16N4O4.C13H11BrN2O3.C3H6N2O.CH4/c1-24-14-6-5-12(10-19-8-7-17-16(19)21)18-15(14)11-3-2-4-13(9-11)20(22)23;1-19-12-6-5-10(8-14)15-13(12)9-3-2-4-11(7-9)16(17)18;6-3-4-1-2-5-3;/h2-6,9H,7-8,10H2,1H3,(H,17,21);2-7H,8H2,1H3;1-2H2,(H2,4,5,6);1H4. The van der Waals surface area contributed by atoms with Gasteiger partial charge in [-0.15, -0.1) is 0 Å². The Hall–Kier alpha value is -5.84. The number of hydrogen-bond acceptors (Lipinski definition) is 10. The van der Waals surface area contributed by atoms with Gasteiger partial charge < -0.3 is 30.3 Å². The summed E-state index contributed by atoms with van der Waals surface area (Å²) < 4.78 is 10.6. The van der Waals surface area contributed by atoms with Crippen LogP contribution in [0.25, 0.3) is 22.5 Å². The predicted molar refractivity (Wildman–Crippen MR) is 190 cm³/mol. The molecule has 16 nitrogen and oxygen atoms in total. The maximum atomic E-state index is 11.7. The summed E-state index contributed by atoms with van der Waals surface area (Å²) in [7, 11) is 3.07. The number of methoxy groups -OCH3 is 2. The van der Waals surface area contributed by atoms with Crippen molar-refractivity contribution in [3.05, 3.63) is 104 Å². The number of non-ortho nitro benzene ring substituents is 2. The summed E-state index contributed by atoms with van der Waals surface area (Å²) in [5.41, 5.74) is 3.91. The van der Waals surface area contributed by atoms with Crippen LogP contribution in [0.4, 0.5) is 21.0 Å². The number of amides is 4. The first kappa shape index (κ1) is 38.6. The number of carbonyl (C=O) groups is 2. The zero-order chi connectivity index (χ0) is 35.3. The molecule has 0 unspecified atom stereocenters. The van der Waals surface area contributed by atoms with Gasteiger partial charge in [0.25, 0.3) is 11.4 Å². The molecule has 0 saturated carbocycles. The number of aromatic nitrogens is 2. The average Bonchev–Trinajstić information content (AvgIpc) is 3.78. The number of nitro benzene ring substituents is 2. The second-order valence-corrected chi connectivity index (χ2v) is 10.9. The first-order valence-corrected chi connectivity index (χ1v) is 15.9. The van der Waals surface area contributed by atoms with Crippen molar-refractivity contribution >= 4 is 39.4 Å². The Morgan fingerprint density at radius 3 is 1.66 bits per heavy atom. The third-order valence-electron chi connectivity index (χ3n) is 7.06. The molecule has 0 bridgehead atoms. The van der Waals surface area contributed by atoms with Crippen LogP contribution in [0.3, 0.4) is 0 Å². The highest BCUT2D eigenvalue weighted by Gasteiger charge is 2.21. The summed E-state index contributed by atoms with van der Waals surface area (Å²) in [6.45, 7) is 3.17. The van der Waals surface area contributed by atoms with E-state index in [-0.39, 0.29) is 30.9 Å². The zero-order valence-electron chi connectivity index (χ0n) is 26.6. The van der Waals surface area contributed by atoms with E-state index in [0.29, 0.717) is 64.7 Å². The van der Waals surface area contributed by atoms with Crippen molar-refractivity contribution < 1.29 is 28.9 Å². The van der Waals surface area contributed by atoms with E-state index >= 15 is 0 Å². The van der Waals surface area contributed by atoms with E-state index in [2.05, 4.69) is 41.8 Å². The van der Waals surface area contributed by atoms with Crippen molar-refractivity contribution in [3.8, 4) is 34.0 Å². The third-order valence-corrected chi connectivity index (χ3v) is 7.64. The van der Waals surface area contributed by atoms with Crippen LogP contribution >= 0.6 is 15.9 Å². The van der Waals surface area contributed by atoms with Crippen molar-refractivity contribution in [3.63, 3.8) is 0 Å². The summed E-state index contributed by atoms with van der Waals surface area (Å²) in [5, 5.41) is 30.3. The van der Waals surface area contributed by atoms with E-state index in [9.17, 15) is 29.8 Å². The molecule has 4 aromatic rings. The number of pyridine rings is 2. The number of nitrogens with zero attached hydrogens (tertiary/aromatic N) is 5. The van der Waals surface area contributed by atoms with Gasteiger partial charge in [0.15, 0.2) is 0 Å². The van der Waals surface area contributed by atoms with Gasteiger partial charge in [-0.1, -0.05) is 47.6 Å². The lowest BCUT2D eigenvalue weighted by atomic mass is 10.1. The maximum absolute atomic E-state index is 11.7. The molecule has 2 aromatic carbocycles. The highest BCUT2D eigenvalue weighted by Crippen LogP contribution is 2.32. The smallest absolute Gasteiger partial charge is 0.317 e. The highest BCUT2D eigenvalue weighted by atomic mass is 79.9. The van der Waals surface area contributed by atoms with Gasteiger partial charge in [-0.25, -0.2) is 19.6 Å². The monoisotopic (exact) mass is 752 g/mol. The third kappa shape index (κ3) is 10.3. The number of nitro groups is 2. The van der Waals surface area contributed by atoms with Gasteiger partial charge in [0, 0.05) is 66.9 Å². The van der Waals surface area contributed by atoms with Crippen molar-refractivity contribution in [2.75, 3.05) is 40.4 Å². The molecular weight excluding hydrogens is 716 g/mol. The van der Waals surface area contributed by atoms with E-state index in [0.717, 1.165) is 18.8 Å². The van der Waals surface area contributed by atoms with Crippen LogP contribution in [0.5, 0.6) is 11.5 Å². The fourth-order valence-electron chi connectivity index (χ4n) is 4.68. The van der Waals surface area contributed by atoms with Gasteiger partial charge in [0.05, 0.1) is 42.0 Å². The fraction of sp³-hybridized carbons (Fsp3) is 0.273. The molecule has 4 heterocycles. The Balaban J connectivity index is 0.000000232. The van der Waals surface area contributed by atoms with Gasteiger partial charge >= 0.3 is 12.1 Å². The lowest BCUT2D eigenvalue weighted by molar-refractivity contribution is -0.385. The number of urea groups is 2. The molecule has 3 N–H and O–H groups in total. The van der Waals surface area contributed by atoms with Gasteiger partial charge in [-0.2, -0.15) is 0 Å². The Morgan fingerprint density at radius 1 is 0.760 bits per heavy atom. The molecule has 0 radical (unpaired) electrons. The molecular formula is C33H37BrN8O8. The van der Waals surface area contributed by atoms with Gasteiger partial charge in [0.1, 0.15) is 22.9 Å². The Morgan fingerprint density at radius 2 is 1.26 bits per heavy atom. The summed E-state index contributed by atoms with van der Waals surface area (Å²) in [4.78, 5) is 53.2. The minimum absolute atomic E-state index is 0. The number of carbonyl (C=O) groups excluding carboxylic acids is 2. The summed E-state index contributed by atoms with van der Waals surface area (Å²) in [6.07, 6.45) is 0. The van der Waals surface area contributed by atoms with E-state index < -0.39 is 9.85 Å². The maximum Gasteiger partial charge on any atom is 0.317 e. The minimum Gasteiger partial charge on any atom is -0.494 e. The molecule has 2 aromatic heterocycles. The van der Waals surface area contributed by atoms with Crippen LogP contribution in [0.15, 0.2) is 72.8 Å². The van der Waals surface area contributed by atoms with Crippen LogP contribution in [-0.2, 0) is 11.9 Å². The average molecular weight is 754 g/mol. The SMILES string of the molecule is C.COc1ccc(CBr)nc1-c1cccc([N+](=O)[O-])c1.COc1ccc(CN2CCNC2=O)nc1-c1cccc([N+](=O)[O-])c1.O=C1NCCN1. The van der Waals surface area contributed by atoms with Crippen LogP contribution in [-0.4, -0.2) is 77.2 Å². The molecule has 2 aliphatic rings. The number of benzene rings is 2. The number of ether oxygens (including phenoxy) is 2. The van der Waals surface area contributed by atoms with Crippen LogP contribution in [0, 0.1) is 20.2 Å². The molecule has 6 rings (SSSR count). The van der Waals surface area contributed by atoms with Crippen molar-refractivity contribution in [2.24, 2.45) is 0 Å². The second kappa shape index (κ2) is 18.6. The topological polar surface area (TPSA) is 204 Å². The number of rotatable bonds is 9. The first-order chi connectivity index (χ1) is 23.6. The number of alkyl halides is 1. The van der Waals surface area contributed by atoms with Crippen LogP contribution < -0.4 is 25.4 Å². The molecule has 4 amide bonds. The Labute approximate surface area is 296 Å². The van der Waals surface area contributed by atoms with Crippen molar-refractivity contribution in [2.45, 2.75) is 19.3 Å². The Bertz CT molecular complexity index is 1820. The second-order valence-electron chi connectivity index (χ2n) is 10.3. The predicted octanol–water partition coefficient (Wildman–Crippen LogP) is 5.69. The van der Waals surface area contributed by atoms with Crippen LogP contribution in [0.1, 0.15) is 18.8 Å². The lowest BCUT2D eigenvalue weighted by Gasteiger charge is -2.15. The molecule has 0 spiro atoms. The Kier molecular flexibility index (Phi) is 14.4. The molecule has 50 heavy (non-hydrogen) atoms. The molecule has 264 valence electrons. The fourth-order valence-corrected chi connectivity index (χ4v) is 5.00. The largest absolute Gasteiger partial charge is 0.494 e. The summed E-state index contributed by atoms with van der Waals surface area (Å²) >= 11 is 3.34. The van der Waals surface area contributed by atoms with Gasteiger partial charge in [0.2, 0.25) is 0 Å². The van der Waals surface area contributed by atoms with E-state index in [1.807, 2.05) is 6.07 Å². The van der Waals surface area contributed by atoms with E-state index in [1.54, 1.807) is 54.5 Å². The molecule has 17 heteroatoms. The number of halogens is 1. The highest BCUT2D eigenvalue weighted by molar-refractivity contribution is 9.08. The molecule has 0 aliphatic carbocycles. The first-order valence-electron chi connectivity index (χ1n) is 14.8. The van der Waals surface area contributed by atoms with Crippen molar-refractivity contribution in [1.82, 2.24) is 30.8 Å². The van der Waals surface area contributed by atoms with Gasteiger partial charge in [-0.3, -0.25) is 20.2 Å². The van der Waals surface area contributed by atoms with E-state index in [4.69, 9.17) is 9.47 Å². The summed E-state index contributed by atoms with van der Waals surface area (Å²) in [6, 6.07) is 19.6. The van der Waals surface area contributed by atoms with Crippen LogP contribution in [0.2, 0.25) is 0 Å². The number of hydrogen-bond donors (Lipinski definition) is 3. The zero-order valence-corrected chi connectivity index (χ0v) is 28.1.